The third kappa shape index (κ3) is 8.97. The monoisotopic (exact) mass is 286 g/mol. The molecule has 0 amide bonds. The van der Waals surface area contributed by atoms with Gasteiger partial charge in [-0.1, -0.05) is 85.0 Å². The van der Waals surface area contributed by atoms with E-state index in [0.29, 0.717) is 6.42 Å². The Bertz CT molecular complexity index is 206. The molecule has 2 N–H and O–H groups in total. The molecule has 2 heteroatoms. The first-order valence-electron chi connectivity index (χ1n) is 9.01. The van der Waals surface area contributed by atoms with E-state index in [9.17, 15) is 10.2 Å². The first-order valence-corrected chi connectivity index (χ1v) is 9.01. The van der Waals surface area contributed by atoms with Gasteiger partial charge >= 0.3 is 0 Å². The largest absolute Gasteiger partial charge is 0.390 e. The van der Waals surface area contributed by atoms with Gasteiger partial charge in [0.25, 0.3) is 0 Å². The van der Waals surface area contributed by atoms with Crippen molar-refractivity contribution in [1.82, 2.24) is 0 Å². The zero-order chi connectivity index (χ0) is 15.3. The first kappa shape index (κ1) is 19.9. The smallest absolute Gasteiger partial charge is 0.0905 e. The lowest BCUT2D eigenvalue weighted by atomic mass is 9.84. The van der Waals surface area contributed by atoms with Gasteiger partial charge in [-0.05, 0) is 19.3 Å². The van der Waals surface area contributed by atoms with Crippen LogP contribution in [0.15, 0.2) is 0 Å². The van der Waals surface area contributed by atoms with Gasteiger partial charge in [0.05, 0.1) is 11.7 Å². The Kier molecular flexibility index (Phi) is 12.6. The van der Waals surface area contributed by atoms with Crippen molar-refractivity contribution in [2.75, 3.05) is 0 Å². The van der Waals surface area contributed by atoms with Crippen molar-refractivity contribution in [2.45, 2.75) is 116 Å². The molecule has 2 unspecified atom stereocenters. The van der Waals surface area contributed by atoms with Gasteiger partial charge in [-0.15, -0.1) is 0 Å². The molecule has 0 spiro atoms. The lowest BCUT2D eigenvalue weighted by Gasteiger charge is -2.33. The maximum Gasteiger partial charge on any atom is 0.0905 e. The van der Waals surface area contributed by atoms with Gasteiger partial charge in [-0.3, -0.25) is 0 Å². The standard InChI is InChI=1S/C18H38O2/c1-4-7-9-11-12-14-16-18(20,17(19)6-3)15-13-10-8-5-2/h17,19-20H,4-16H2,1-3H3. The quantitative estimate of drug-likeness (QED) is 0.430. The van der Waals surface area contributed by atoms with Gasteiger partial charge in [0.2, 0.25) is 0 Å². The normalized spacial score (nSPS) is 16.1. The van der Waals surface area contributed by atoms with Crippen LogP contribution in [0.2, 0.25) is 0 Å². The molecule has 2 nitrogen and oxygen atoms in total. The Balaban J connectivity index is 3.99. The third-order valence-electron chi connectivity index (χ3n) is 4.43. The highest BCUT2D eigenvalue weighted by Gasteiger charge is 2.33. The molecular weight excluding hydrogens is 248 g/mol. The zero-order valence-corrected chi connectivity index (χ0v) is 14.2. The van der Waals surface area contributed by atoms with Crippen LogP contribution in [0, 0.1) is 0 Å². The minimum Gasteiger partial charge on any atom is -0.390 e. The molecule has 0 aliphatic heterocycles. The van der Waals surface area contributed by atoms with Crippen LogP contribution in [-0.2, 0) is 0 Å². The van der Waals surface area contributed by atoms with Crippen LogP contribution in [0.3, 0.4) is 0 Å². The fraction of sp³-hybridized carbons (Fsp3) is 1.00. The van der Waals surface area contributed by atoms with Gasteiger partial charge in [0.1, 0.15) is 0 Å². The molecule has 0 fully saturated rings. The van der Waals surface area contributed by atoms with E-state index in [2.05, 4.69) is 13.8 Å². The molecule has 0 aromatic carbocycles. The van der Waals surface area contributed by atoms with E-state index in [1.807, 2.05) is 6.92 Å². The van der Waals surface area contributed by atoms with Crippen LogP contribution < -0.4 is 0 Å². The molecule has 122 valence electrons. The summed E-state index contributed by atoms with van der Waals surface area (Å²) in [5.41, 5.74) is -0.840. The molecule has 0 aromatic heterocycles. The topological polar surface area (TPSA) is 40.5 Å². The second-order valence-electron chi connectivity index (χ2n) is 6.36. The highest BCUT2D eigenvalue weighted by molar-refractivity contribution is 4.85. The van der Waals surface area contributed by atoms with Crippen molar-refractivity contribution in [3.8, 4) is 0 Å². The lowest BCUT2D eigenvalue weighted by molar-refractivity contribution is -0.0893. The van der Waals surface area contributed by atoms with E-state index < -0.39 is 11.7 Å². The summed E-state index contributed by atoms with van der Waals surface area (Å²) in [7, 11) is 0. The number of unbranched alkanes of at least 4 members (excludes halogenated alkanes) is 8. The van der Waals surface area contributed by atoms with Crippen LogP contribution >= 0.6 is 0 Å². The summed E-state index contributed by atoms with van der Waals surface area (Å²) < 4.78 is 0. The Hall–Kier alpha value is -0.0800. The molecule has 0 saturated carbocycles. The third-order valence-corrected chi connectivity index (χ3v) is 4.43. The van der Waals surface area contributed by atoms with Crippen LogP contribution in [-0.4, -0.2) is 21.9 Å². The summed E-state index contributed by atoms with van der Waals surface area (Å²) in [6.45, 7) is 6.39. The molecule has 0 saturated heterocycles. The predicted octanol–water partition coefficient (Wildman–Crippen LogP) is 5.21. The van der Waals surface area contributed by atoms with E-state index in [-0.39, 0.29) is 0 Å². The van der Waals surface area contributed by atoms with Crippen LogP contribution in [0.1, 0.15) is 104 Å². The van der Waals surface area contributed by atoms with Gasteiger partial charge in [-0.2, -0.15) is 0 Å². The summed E-state index contributed by atoms with van der Waals surface area (Å²) in [4.78, 5) is 0. The molecule has 20 heavy (non-hydrogen) atoms. The molecule has 0 heterocycles. The number of aliphatic hydroxyl groups is 2. The van der Waals surface area contributed by atoms with Crippen LogP contribution in [0.25, 0.3) is 0 Å². The average Bonchev–Trinajstić information content (AvgIpc) is 2.46. The van der Waals surface area contributed by atoms with E-state index in [1.54, 1.807) is 0 Å². The highest BCUT2D eigenvalue weighted by atomic mass is 16.3. The molecule has 0 rings (SSSR count). The Labute approximate surface area is 127 Å². The van der Waals surface area contributed by atoms with Gasteiger partial charge < -0.3 is 10.2 Å². The number of rotatable bonds is 14. The highest BCUT2D eigenvalue weighted by Crippen LogP contribution is 2.28. The van der Waals surface area contributed by atoms with Crippen molar-refractivity contribution < 1.29 is 10.2 Å². The minimum atomic E-state index is -0.840. The van der Waals surface area contributed by atoms with E-state index in [0.717, 1.165) is 25.7 Å². The fourth-order valence-corrected chi connectivity index (χ4v) is 2.91. The number of aliphatic hydroxyl groups excluding tert-OH is 1. The summed E-state index contributed by atoms with van der Waals surface area (Å²) in [6.07, 6.45) is 13.7. The lowest BCUT2D eigenvalue weighted by Crippen LogP contribution is -2.42. The van der Waals surface area contributed by atoms with E-state index in [1.165, 1.54) is 51.4 Å². The van der Waals surface area contributed by atoms with Gasteiger partial charge in [0, 0.05) is 0 Å². The van der Waals surface area contributed by atoms with Crippen molar-refractivity contribution >= 4 is 0 Å². The maximum absolute atomic E-state index is 10.7. The molecule has 2 atom stereocenters. The Morgan fingerprint density at radius 2 is 1.10 bits per heavy atom. The zero-order valence-electron chi connectivity index (χ0n) is 14.2. The fourth-order valence-electron chi connectivity index (χ4n) is 2.91. The molecule has 0 aliphatic rings. The molecule has 0 bridgehead atoms. The Morgan fingerprint density at radius 3 is 1.55 bits per heavy atom. The molecule has 0 radical (unpaired) electrons. The van der Waals surface area contributed by atoms with Gasteiger partial charge in [-0.25, -0.2) is 0 Å². The molecular formula is C18H38O2. The average molecular weight is 286 g/mol. The van der Waals surface area contributed by atoms with Crippen molar-refractivity contribution in [3.05, 3.63) is 0 Å². The first-order chi connectivity index (χ1) is 9.60. The second-order valence-corrected chi connectivity index (χ2v) is 6.36. The van der Waals surface area contributed by atoms with E-state index >= 15 is 0 Å². The Morgan fingerprint density at radius 1 is 0.700 bits per heavy atom. The summed E-state index contributed by atoms with van der Waals surface area (Å²) in [6, 6.07) is 0. The summed E-state index contributed by atoms with van der Waals surface area (Å²) in [5, 5.41) is 20.9. The van der Waals surface area contributed by atoms with Crippen LogP contribution in [0.5, 0.6) is 0 Å². The number of hydrogen-bond donors (Lipinski definition) is 2. The van der Waals surface area contributed by atoms with Crippen LogP contribution in [0.4, 0.5) is 0 Å². The van der Waals surface area contributed by atoms with Crippen molar-refractivity contribution in [2.24, 2.45) is 0 Å². The maximum atomic E-state index is 10.7. The van der Waals surface area contributed by atoms with Gasteiger partial charge in [0.15, 0.2) is 0 Å². The van der Waals surface area contributed by atoms with E-state index in [4.69, 9.17) is 0 Å². The SMILES string of the molecule is CCCCCCCCC(O)(CCCCCC)C(O)CC. The molecule has 0 aromatic rings. The van der Waals surface area contributed by atoms with Crippen molar-refractivity contribution in [1.29, 1.82) is 0 Å². The minimum absolute atomic E-state index is 0.556. The molecule has 0 aliphatic carbocycles. The number of hydrogen-bond acceptors (Lipinski definition) is 2. The summed E-state index contributed by atoms with van der Waals surface area (Å²) in [5.74, 6) is 0. The second kappa shape index (κ2) is 12.6. The summed E-state index contributed by atoms with van der Waals surface area (Å²) >= 11 is 0. The predicted molar refractivity (Wildman–Crippen MR) is 88.0 cm³/mol. The van der Waals surface area contributed by atoms with Crippen molar-refractivity contribution in [3.63, 3.8) is 0 Å².